The Morgan fingerprint density at radius 2 is 1.68 bits per heavy atom. The number of nitrogens with one attached hydrogen (secondary N) is 1. The second kappa shape index (κ2) is 10.8. The Labute approximate surface area is 222 Å². The Balaban J connectivity index is 1.23. The second-order valence-corrected chi connectivity index (χ2v) is 9.60. The van der Waals surface area contributed by atoms with Crippen molar-refractivity contribution in [3.8, 4) is 11.5 Å². The molecule has 1 atom stereocenters. The van der Waals surface area contributed by atoms with E-state index in [4.69, 9.17) is 21.1 Å². The third kappa shape index (κ3) is 5.48. The van der Waals surface area contributed by atoms with Crippen LogP contribution in [0.3, 0.4) is 0 Å². The Morgan fingerprint density at radius 3 is 2.51 bits per heavy atom. The van der Waals surface area contributed by atoms with E-state index in [1.165, 1.54) is 17.6 Å². The third-order valence-electron chi connectivity index (χ3n) is 5.62. The van der Waals surface area contributed by atoms with Gasteiger partial charge in [-0.15, -0.1) is 11.3 Å². The lowest BCUT2D eigenvalue weighted by Gasteiger charge is -2.13. The highest BCUT2D eigenvalue weighted by atomic mass is 35.5. The average Bonchev–Trinajstić information content (AvgIpc) is 3.26. The van der Waals surface area contributed by atoms with Gasteiger partial charge in [0.25, 0.3) is 5.91 Å². The lowest BCUT2D eigenvalue weighted by Crippen LogP contribution is -2.33. The number of hydrogen-bond donors (Lipinski definition) is 1. The van der Waals surface area contributed by atoms with Crippen molar-refractivity contribution < 1.29 is 19.1 Å². The lowest BCUT2D eigenvalue weighted by molar-refractivity contribution is -0.127. The van der Waals surface area contributed by atoms with Crippen LogP contribution in [0.1, 0.15) is 22.2 Å². The van der Waals surface area contributed by atoms with Crippen LogP contribution in [0.25, 0.3) is 20.9 Å². The predicted molar refractivity (Wildman–Crippen MR) is 148 cm³/mol. The molecule has 0 saturated carbocycles. The zero-order chi connectivity index (χ0) is 25.8. The number of rotatable bonds is 7. The molecule has 0 fully saturated rings. The van der Waals surface area contributed by atoms with Crippen LogP contribution in [-0.2, 0) is 4.79 Å². The number of fused-ring (bicyclic) bond motifs is 2. The van der Waals surface area contributed by atoms with E-state index in [-0.39, 0.29) is 0 Å². The molecule has 0 saturated heterocycles. The molecule has 5 rings (SSSR count). The Morgan fingerprint density at radius 1 is 0.946 bits per heavy atom. The molecule has 184 valence electrons. The summed E-state index contributed by atoms with van der Waals surface area (Å²) in [5.74, 6) is -0.105. The number of esters is 1. The van der Waals surface area contributed by atoms with Gasteiger partial charge in [-0.2, -0.15) is 5.10 Å². The maximum absolute atomic E-state index is 12.9. The molecule has 1 unspecified atom stereocenters. The molecule has 1 N–H and O–H groups in total. The Hall–Kier alpha value is -4.20. The molecular weight excluding hydrogens is 508 g/mol. The molecule has 5 aromatic rings. The number of nitrogens with zero attached hydrogens (tertiary/aromatic N) is 1. The van der Waals surface area contributed by atoms with E-state index in [1.54, 1.807) is 31.2 Å². The number of halogens is 1. The summed E-state index contributed by atoms with van der Waals surface area (Å²) >= 11 is 7.69. The molecule has 0 spiro atoms. The summed E-state index contributed by atoms with van der Waals surface area (Å²) in [4.78, 5) is 25.7. The van der Waals surface area contributed by atoms with Crippen molar-refractivity contribution in [1.29, 1.82) is 0 Å². The zero-order valence-corrected chi connectivity index (χ0v) is 21.3. The number of carbonyl (C=O) groups is 2. The number of thiophene rings is 1. The van der Waals surface area contributed by atoms with Gasteiger partial charge in [0.1, 0.15) is 16.4 Å². The van der Waals surface area contributed by atoms with Crippen molar-refractivity contribution in [2.75, 3.05) is 0 Å². The Bertz CT molecular complexity index is 1650. The van der Waals surface area contributed by atoms with E-state index in [2.05, 4.69) is 10.5 Å². The molecule has 37 heavy (non-hydrogen) atoms. The molecule has 0 radical (unpaired) electrons. The summed E-state index contributed by atoms with van der Waals surface area (Å²) in [6.07, 6.45) is 0.636. The van der Waals surface area contributed by atoms with Gasteiger partial charge >= 0.3 is 5.97 Å². The average molecular weight is 529 g/mol. The first-order valence-corrected chi connectivity index (χ1v) is 12.7. The quantitative estimate of drug-likeness (QED) is 0.108. The zero-order valence-electron chi connectivity index (χ0n) is 19.7. The standard InChI is InChI=1S/C29H21ClN2O4S/c1-18(35-22-15-14-19-8-2-3-9-20(19)16-22)28(33)32-31-17-21-10-4-6-12-24(21)36-29(34)27-26(30)23-11-5-7-13-25(23)37-27/h2-18H,1H3,(H,32,33)/b31-17+. The number of para-hydroxylation sites is 1. The van der Waals surface area contributed by atoms with Crippen LogP contribution < -0.4 is 14.9 Å². The number of ether oxygens (including phenoxy) is 2. The minimum absolute atomic E-state index is 0.291. The SMILES string of the molecule is CC(Oc1ccc2ccccc2c1)C(=O)N/N=C/c1ccccc1OC(=O)c1sc2ccccc2c1Cl. The number of amides is 1. The fourth-order valence-electron chi connectivity index (χ4n) is 3.73. The fraction of sp³-hybridized carbons (Fsp3) is 0.0690. The van der Waals surface area contributed by atoms with Gasteiger partial charge in [-0.05, 0) is 48.0 Å². The van der Waals surface area contributed by atoms with E-state index < -0.39 is 18.0 Å². The van der Waals surface area contributed by atoms with Crippen molar-refractivity contribution in [1.82, 2.24) is 5.43 Å². The monoisotopic (exact) mass is 528 g/mol. The van der Waals surface area contributed by atoms with E-state index in [9.17, 15) is 9.59 Å². The van der Waals surface area contributed by atoms with Crippen LogP contribution in [0.15, 0.2) is 96.1 Å². The fourth-order valence-corrected chi connectivity index (χ4v) is 5.11. The maximum Gasteiger partial charge on any atom is 0.355 e. The molecule has 0 aliphatic carbocycles. The highest BCUT2D eigenvalue weighted by Crippen LogP contribution is 2.36. The number of hydrazone groups is 1. The van der Waals surface area contributed by atoms with Crippen LogP contribution in [0.2, 0.25) is 5.02 Å². The summed E-state index contributed by atoms with van der Waals surface area (Å²) in [5.41, 5.74) is 2.98. The van der Waals surface area contributed by atoms with Crippen molar-refractivity contribution in [3.63, 3.8) is 0 Å². The van der Waals surface area contributed by atoms with Gasteiger partial charge in [0.2, 0.25) is 0 Å². The molecule has 0 bridgehead atoms. The highest BCUT2D eigenvalue weighted by Gasteiger charge is 2.20. The first kappa shape index (κ1) is 24.5. The molecule has 0 aliphatic rings. The van der Waals surface area contributed by atoms with E-state index >= 15 is 0 Å². The van der Waals surface area contributed by atoms with Gasteiger partial charge < -0.3 is 9.47 Å². The number of hydrogen-bond acceptors (Lipinski definition) is 6. The molecular formula is C29H21ClN2O4S. The highest BCUT2D eigenvalue weighted by molar-refractivity contribution is 7.21. The van der Waals surface area contributed by atoms with Gasteiger partial charge in [0.15, 0.2) is 6.10 Å². The van der Waals surface area contributed by atoms with E-state index in [0.717, 1.165) is 20.9 Å². The van der Waals surface area contributed by atoms with Gasteiger partial charge in [0.05, 0.1) is 11.2 Å². The predicted octanol–water partition coefficient (Wildman–Crippen LogP) is 6.84. The van der Waals surface area contributed by atoms with Gasteiger partial charge in [-0.25, -0.2) is 10.2 Å². The van der Waals surface area contributed by atoms with Crippen molar-refractivity contribution in [2.24, 2.45) is 5.10 Å². The van der Waals surface area contributed by atoms with Gasteiger partial charge in [-0.1, -0.05) is 72.3 Å². The lowest BCUT2D eigenvalue weighted by atomic mass is 10.1. The molecule has 1 aromatic heterocycles. The van der Waals surface area contributed by atoms with Gasteiger partial charge in [0, 0.05) is 15.6 Å². The molecule has 4 aromatic carbocycles. The summed E-state index contributed by atoms with van der Waals surface area (Å²) in [7, 11) is 0. The first-order chi connectivity index (χ1) is 18.0. The normalized spacial score (nSPS) is 12.1. The van der Waals surface area contributed by atoms with E-state index in [0.29, 0.717) is 27.0 Å². The molecule has 8 heteroatoms. The topological polar surface area (TPSA) is 77.0 Å². The number of carbonyl (C=O) groups excluding carboxylic acids is 2. The summed E-state index contributed by atoms with van der Waals surface area (Å²) < 4.78 is 12.3. The first-order valence-electron chi connectivity index (χ1n) is 11.5. The van der Waals surface area contributed by atoms with Crippen LogP contribution in [0.5, 0.6) is 11.5 Å². The summed E-state index contributed by atoms with van der Waals surface area (Å²) in [6, 6.07) is 28.0. The second-order valence-electron chi connectivity index (χ2n) is 8.17. The van der Waals surface area contributed by atoms with Crippen LogP contribution in [0, 0.1) is 0 Å². The Kier molecular flexibility index (Phi) is 7.16. The maximum atomic E-state index is 12.9. The van der Waals surface area contributed by atoms with Gasteiger partial charge in [-0.3, -0.25) is 4.79 Å². The molecule has 1 amide bonds. The minimum Gasteiger partial charge on any atom is -0.481 e. The van der Waals surface area contributed by atoms with Crippen molar-refractivity contribution in [3.05, 3.63) is 106 Å². The van der Waals surface area contributed by atoms with Crippen LogP contribution in [0.4, 0.5) is 0 Å². The third-order valence-corrected chi connectivity index (χ3v) is 7.28. The summed E-state index contributed by atoms with van der Waals surface area (Å²) in [5, 5.41) is 7.31. The molecule has 6 nitrogen and oxygen atoms in total. The minimum atomic E-state index is -0.776. The molecule has 1 heterocycles. The summed E-state index contributed by atoms with van der Waals surface area (Å²) in [6.45, 7) is 1.64. The smallest absolute Gasteiger partial charge is 0.355 e. The van der Waals surface area contributed by atoms with E-state index in [1.807, 2.05) is 66.7 Å². The van der Waals surface area contributed by atoms with Crippen LogP contribution in [-0.4, -0.2) is 24.2 Å². The van der Waals surface area contributed by atoms with Crippen molar-refractivity contribution in [2.45, 2.75) is 13.0 Å². The molecule has 0 aliphatic heterocycles. The van der Waals surface area contributed by atoms with Crippen LogP contribution >= 0.6 is 22.9 Å². The largest absolute Gasteiger partial charge is 0.481 e. The van der Waals surface area contributed by atoms with Crippen molar-refractivity contribution >= 4 is 61.9 Å². The number of benzene rings is 4.